The van der Waals surface area contributed by atoms with E-state index >= 15 is 0 Å². The summed E-state index contributed by atoms with van der Waals surface area (Å²) in [5.41, 5.74) is 5.72. The Morgan fingerprint density at radius 2 is 2.00 bits per heavy atom. The summed E-state index contributed by atoms with van der Waals surface area (Å²) in [6.45, 7) is 3.47. The standard InChI is InChI=1S/C14H25N5OS/c1-3-9-20-13-18-11(15)17-12(19-13)16-10-14(21-2)7-5-4-6-8-14/h3-10H2,1-2H3,(H3,15,16,17,18,19). The lowest BCUT2D eigenvalue weighted by molar-refractivity contribution is 0.292. The lowest BCUT2D eigenvalue weighted by Crippen LogP contribution is -2.36. The fraction of sp³-hybridized carbons (Fsp3) is 0.786. The lowest BCUT2D eigenvalue weighted by atomic mass is 9.88. The van der Waals surface area contributed by atoms with Crippen molar-refractivity contribution in [3.05, 3.63) is 0 Å². The Kier molecular flexibility index (Phi) is 5.90. The van der Waals surface area contributed by atoms with Gasteiger partial charge in [0.25, 0.3) is 0 Å². The monoisotopic (exact) mass is 311 g/mol. The molecule has 1 saturated carbocycles. The second-order valence-corrected chi connectivity index (χ2v) is 6.72. The minimum absolute atomic E-state index is 0.195. The van der Waals surface area contributed by atoms with Crippen LogP contribution in [0.25, 0.3) is 0 Å². The number of nitrogens with two attached hydrogens (primary N) is 1. The van der Waals surface area contributed by atoms with E-state index in [0.29, 0.717) is 18.6 Å². The predicted molar refractivity (Wildman–Crippen MR) is 87.8 cm³/mol. The van der Waals surface area contributed by atoms with Crippen molar-refractivity contribution >= 4 is 23.7 Å². The van der Waals surface area contributed by atoms with E-state index in [4.69, 9.17) is 10.5 Å². The quantitative estimate of drug-likeness (QED) is 0.800. The average Bonchev–Trinajstić information content (AvgIpc) is 2.51. The second kappa shape index (κ2) is 7.68. The largest absolute Gasteiger partial charge is 0.463 e. The zero-order valence-electron chi connectivity index (χ0n) is 12.9. The van der Waals surface area contributed by atoms with Gasteiger partial charge in [-0.25, -0.2) is 0 Å². The molecule has 2 rings (SSSR count). The maximum Gasteiger partial charge on any atom is 0.323 e. The van der Waals surface area contributed by atoms with Gasteiger partial charge in [0.1, 0.15) is 0 Å². The fourth-order valence-corrected chi connectivity index (χ4v) is 3.51. The van der Waals surface area contributed by atoms with Crippen molar-refractivity contribution in [3.63, 3.8) is 0 Å². The number of nitrogens with zero attached hydrogens (tertiary/aromatic N) is 3. The van der Waals surface area contributed by atoms with E-state index in [-0.39, 0.29) is 10.7 Å². The summed E-state index contributed by atoms with van der Waals surface area (Å²) in [4.78, 5) is 12.4. The van der Waals surface area contributed by atoms with E-state index < -0.39 is 0 Å². The molecule has 1 heterocycles. The van der Waals surface area contributed by atoms with Crippen LogP contribution in [0.5, 0.6) is 6.01 Å². The highest BCUT2D eigenvalue weighted by atomic mass is 32.2. The van der Waals surface area contributed by atoms with Crippen LogP contribution in [0.1, 0.15) is 45.4 Å². The first-order valence-corrected chi connectivity index (χ1v) is 8.83. The van der Waals surface area contributed by atoms with E-state index in [1.165, 1.54) is 32.1 Å². The third kappa shape index (κ3) is 4.62. The Morgan fingerprint density at radius 3 is 2.67 bits per heavy atom. The van der Waals surface area contributed by atoms with Gasteiger partial charge in [0, 0.05) is 11.3 Å². The van der Waals surface area contributed by atoms with E-state index in [9.17, 15) is 0 Å². The average molecular weight is 311 g/mol. The third-order valence-corrected chi connectivity index (χ3v) is 5.25. The Morgan fingerprint density at radius 1 is 1.24 bits per heavy atom. The van der Waals surface area contributed by atoms with E-state index in [1.807, 2.05) is 18.7 Å². The number of hydrogen-bond donors (Lipinski definition) is 2. The summed E-state index contributed by atoms with van der Waals surface area (Å²) in [6.07, 6.45) is 9.51. The fourth-order valence-electron chi connectivity index (χ4n) is 2.60. The zero-order chi connectivity index (χ0) is 15.1. The molecule has 0 amide bonds. The molecule has 3 N–H and O–H groups in total. The Hall–Kier alpha value is -1.24. The molecule has 1 aliphatic carbocycles. The summed E-state index contributed by atoms with van der Waals surface area (Å²) in [7, 11) is 0. The van der Waals surface area contributed by atoms with Crippen molar-refractivity contribution in [3.8, 4) is 6.01 Å². The smallest absolute Gasteiger partial charge is 0.323 e. The first kappa shape index (κ1) is 16.1. The number of rotatable bonds is 7. The molecule has 0 aliphatic heterocycles. The molecule has 1 fully saturated rings. The molecule has 0 aromatic carbocycles. The molecule has 7 heteroatoms. The van der Waals surface area contributed by atoms with Gasteiger partial charge in [0.05, 0.1) is 6.61 Å². The minimum atomic E-state index is 0.195. The van der Waals surface area contributed by atoms with Gasteiger partial charge in [-0.3, -0.25) is 0 Å². The van der Waals surface area contributed by atoms with Crippen LogP contribution in [0.15, 0.2) is 0 Å². The summed E-state index contributed by atoms with van der Waals surface area (Å²) >= 11 is 1.94. The van der Waals surface area contributed by atoms with Gasteiger partial charge in [-0.2, -0.15) is 26.7 Å². The van der Waals surface area contributed by atoms with Crippen molar-refractivity contribution in [1.29, 1.82) is 0 Å². The highest BCUT2D eigenvalue weighted by Gasteiger charge is 2.31. The summed E-state index contributed by atoms with van der Waals surface area (Å²) in [6, 6.07) is 0.300. The SMILES string of the molecule is CCCOc1nc(N)nc(NCC2(SC)CCCCC2)n1. The zero-order valence-corrected chi connectivity index (χ0v) is 13.7. The number of ether oxygens (including phenoxy) is 1. The first-order valence-electron chi connectivity index (χ1n) is 7.61. The number of nitrogen functional groups attached to an aromatic ring is 1. The van der Waals surface area contributed by atoms with Crippen LogP contribution in [0, 0.1) is 0 Å². The summed E-state index contributed by atoms with van der Waals surface area (Å²) < 4.78 is 5.71. The molecule has 0 saturated heterocycles. The van der Waals surface area contributed by atoms with E-state index in [2.05, 4.69) is 26.5 Å². The molecule has 1 aliphatic rings. The van der Waals surface area contributed by atoms with Crippen molar-refractivity contribution < 1.29 is 4.74 Å². The number of nitrogens with one attached hydrogen (secondary N) is 1. The van der Waals surface area contributed by atoms with Gasteiger partial charge in [-0.1, -0.05) is 26.2 Å². The Balaban J connectivity index is 1.99. The Bertz CT molecular complexity index is 451. The predicted octanol–water partition coefficient (Wildman–Crippen LogP) is 2.72. The van der Waals surface area contributed by atoms with E-state index in [0.717, 1.165) is 13.0 Å². The number of aromatic nitrogens is 3. The van der Waals surface area contributed by atoms with Gasteiger partial charge in [-0.15, -0.1) is 0 Å². The number of hydrogen-bond acceptors (Lipinski definition) is 7. The van der Waals surface area contributed by atoms with Crippen LogP contribution < -0.4 is 15.8 Å². The number of anilines is 2. The van der Waals surface area contributed by atoms with Crippen LogP contribution in [0.4, 0.5) is 11.9 Å². The van der Waals surface area contributed by atoms with Crippen molar-refractivity contribution in [2.75, 3.05) is 30.5 Å². The van der Waals surface area contributed by atoms with Gasteiger partial charge < -0.3 is 15.8 Å². The van der Waals surface area contributed by atoms with Gasteiger partial charge in [0.2, 0.25) is 11.9 Å². The third-order valence-electron chi connectivity index (χ3n) is 3.83. The van der Waals surface area contributed by atoms with Crippen LogP contribution in [-0.2, 0) is 0 Å². The van der Waals surface area contributed by atoms with Crippen LogP contribution in [0.2, 0.25) is 0 Å². The minimum Gasteiger partial charge on any atom is -0.463 e. The molecule has 0 spiro atoms. The molecule has 21 heavy (non-hydrogen) atoms. The molecule has 0 atom stereocenters. The number of thioether (sulfide) groups is 1. The maximum atomic E-state index is 5.72. The van der Waals surface area contributed by atoms with Crippen molar-refractivity contribution in [2.45, 2.75) is 50.2 Å². The van der Waals surface area contributed by atoms with Crippen molar-refractivity contribution in [2.24, 2.45) is 0 Å². The molecule has 118 valence electrons. The molecule has 0 unspecified atom stereocenters. The summed E-state index contributed by atoms with van der Waals surface area (Å²) in [5, 5.41) is 3.32. The highest BCUT2D eigenvalue weighted by Crippen LogP contribution is 2.38. The lowest BCUT2D eigenvalue weighted by Gasteiger charge is -2.35. The molecule has 6 nitrogen and oxygen atoms in total. The first-order chi connectivity index (χ1) is 10.2. The highest BCUT2D eigenvalue weighted by molar-refractivity contribution is 8.00. The molecule has 0 radical (unpaired) electrons. The van der Waals surface area contributed by atoms with E-state index in [1.54, 1.807) is 0 Å². The maximum absolute atomic E-state index is 5.72. The topological polar surface area (TPSA) is 86.0 Å². The van der Waals surface area contributed by atoms with Gasteiger partial charge >= 0.3 is 6.01 Å². The van der Waals surface area contributed by atoms with Crippen LogP contribution >= 0.6 is 11.8 Å². The van der Waals surface area contributed by atoms with Gasteiger partial charge in [-0.05, 0) is 25.5 Å². The molecule has 1 aromatic rings. The normalized spacial score (nSPS) is 17.4. The van der Waals surface area contributed by atoms with Crippen molar-refractivity contribution in [1.82, 2.24) is 15.0 Å². The molecular weight excluding hydrogens is 286 g/mol. The summed E-state index contributed by atoms with van der Waals surface area (Å²) in [5.74, 6) is 0.702. The Labute approximate surface area is 130 Å². The molecule has 1 aromatic heterocycles. The molecular formula is C14H25N5OS. The van der Waals surface area contributed by atoms with Gasteiger partial charge in [0.15, 0.2) is 0 Å². The van der Waals surface area contributed by atoms with Crippen LogP contribution in [0.3, 0.4) is 0 Å². The van der Waals surface area contributed by atoms with Crippen LogP contribution in [-0.4, -0.2) is 39.1 Å². The second-order valence-electron chi connectivity index (χ2n) is 5.45. The molecule has 0 bridgehead atoms.